The molecule has 0 aliphatic heterocycles. The lowest BCUT2D eigenvalue weighted by Gasteiger charge is -2.14. The Morgan fingerprint density at radius 2 is 1.88 bits per heavy atom. The zero-order chi connectivity index (χ0) is 17.5. The first kappa shape index (κ1) is 16.4. The van der Waals surface area contributed by atoms with Crippen LogP contribution in [0.1, 0.15) is 22.9 Å². The molecule has 128 valence electrons. The molecule has 0 saturated heterocycles. The molecule has 2 aromatic carbocycles. The molecule has 0 fully saturated rings. The number of nitrogens with zero attached hydrogens (tertiary/aromatic N) is 3. The number of nitrogens with two attached hydrogens (primary N) is 1. The minimum Gasteiger partial charge on any atom is -0.489 e. The highest BCUT2D eigenvalue weighted by atomic mass is 16.5. The van der Waals surface area contributed by atoms with Crippen molar-refractivity contribution in [2.24, 2.45) is 5.73 Å². The number of ether oxygens (including phenoxy) is 2. The van der Waals surface area contributed by atoms with Gasteiger partial charge in [-0.15, -0.1) is 10.2 Å². The van der Waals surface area contributed by atoms with Crippen molar-refractivity contribution in [1.29, 1.82) is 0 Å². The molecule has 1 aromatic heterocycles. The Hall–Kier alpha value is -3.42. The van der Waals surface area contributed by atoms with Crippen LogP contribution in [0.3, 0.4) is 0 Å². The predicted octanol–water partition coefficient (Wildman–Crippen LogP) is 2.01. The summed E-state index contributed by atoms with van der Waals surface area (Å²) in [6, 6.07) is 17.3. The van der Waals surface area contributed by atoms with E-state index >= 15 is 0 Å². The van der Waals surface area contributed by atoms with Gasteiger partial charge in [0, 0.05) is 0 Å². The normalized spacial score (nSPS) is 11.7. The van der Waals surface area contributed by atoms with Gasteiger partial charge in [-0.3, -0.25) is 0 Å². The number of hydrogen-bond acceptors (Lipinski definition) is 6. The molecule has 1 amide bonds. The Labute approximate surface area is 144 Å². The van der Waals surface area contributed by atoms with Crippen molar-refractivity contribution in [1.82, 2.24) is 20.6 Å². The summed E-state index contributed by atoms with van der Waals surface area (Å²) < 4.78 is 10.7. The van der Waals surface area contributed by atoms with Crippen LogP contribution >= 0.6 is 0 Å². The highest BCUT2D eigenvalue weighted by Crippen LogP contribution is 2.24. The second-order valence-corrected chi connectivity index (χ2v) is 5.30. The molecular weight excluding hydrogens is 322 g/mol. The number of hydrogen-bond donors (Lipinski definition) is 2. The van der Waals surface area contributed by atoms with E-state index in [2.05, 4.69) is 20.6 Å². The molecule has 8 heteroatoms. The number of carbonyl (C=O) groups is 1. The third-order valence-electron chi connectivity index (χ3n) is 3.60. The lowest BCUT2D eigenvalue weighted by molar-refractivity contribution is 0.152. The minimum absolute atomic E-state index is 0.0269. The van der Waals surface area contributed by atoms with E-state index in [0.29, 0.717) is 12.4 Å². The first-order valence-corrected chi connectivity index (χ1v) is 7.64. The number of nitrogens with one attached hydrogen (secondary N) is 1. The molecule has 8 nitrogen and oxygen atoms in total. The number of H-pyrrole nitrogens is 1. The fraction of sp³-hybridized carbons (Fsp3) is 0.176. The highest BCUT2D eigenvalue weighted by molar-refractivity contribution is 5.64. The van der Waals surface area contributed by atoms with Gasteiger partial charge < -0.3 is 15.2 Å². The summed E-state index contributed by atoms with van der Waals surface area (Å²) in [5.41, 5.74) is 6.99. The number of aromatic nitrogens is 4. The van der Waals surface area contributed by atoms with Crippen LogP contribution < -0.4 is 10.5 Å². The molecule has 0 radical (unpaired) electrons. The van der Waals surface area contributed by atoms with Crippen LogP contribution in [0.15, 0.2) is 54.6 Å². The number of tetrazole rings is 1. The maximum absolute atomic E-state index is 10.9. The summed E-state index contributed by atoms with van der Waals surface area (Å²) in [6.07, 6.45) is -0.851. The Balaban J connectivity index is 1.69. The first-order chi connectivity index (χ1) is 12.2. The Morgan fingerprint density at radius 3 is 2.52 bits per heavy atom. The van der Waals surface area contributed by atoms with E-state index in [1.165, 1.54) is 0 Å². The molecular formula is C17H17N5O3. The van der Waals surface area contributed by atoms with Gasteiger partial charge in [0.15, 0.2) is 5.82 Å². The second-order valence-electron chi connectivity index (χ2n) is 5.30. The van der Waals surface area contributed by atoms with Crippen molar-refractivity contribution < 1.29 is 14.3 Å². The quantitative estimate of drug-likeness (QED) is 0.680. The summed E-state index contributed by atoms with van der Waals surface area (Å²) in [6.45, 7) is 0.512. The van der Waals surface area contributed by atoms with Gasteiger partial charge in [-0.2, -0.15) is 5.21 Å². The van der Waals surface area contributed by atoms with Crippen molar-refractivity contribution in [2.45, 2.75) is 12.5 Å². The molecule has 0 aliphatic carbocycles. The summed E-state index contributed by atoms with van der Waals surface area (Å²) >= 11 is 0. The van der Waals surface area contributed by atoms with E-state index < -0.39 is 6.09 Å². The fourth-order valence-corrected chi connectivity index (χ4v) is 2.34. The summed E-state index contributed by atoms with van der Waals surface area (Å²) in [4.78, 5) is 10.9. The van der Waals surface area contributed by atoms with Gasteiger partial charge in [-0.1, -0.05) is 47.7 Å². The van der Waals surface area contributed by atoms with Gasteiger partial charge in [0.2, 0.25) is 0 Å². The molecule has 3 rings (SSSR count). The monoisotopic (exact) mass is 339 g/mol. The first-order valence-electron chi connectivity index (χ1n) is 7.64. The number of primary amides is 1. The smallest absolute Gasteiger partial charge is 0.404 e. The van der Waals surface area contributed by atoms with Crippen molar-refractivity contribution in [2.75, 3.05) is 6.61 Å². The zero-order valence-electron chi connectivity index (χ0n) is 13.3. The van der Waals surface area contributed by atoms with Crippen LogP contribution in [0, 0.1) is 0 Å². The predicted molar refractivity (Wildman–Crippen MR) is 88.8 cm³/mol. The molecule has 0 aliphatic rings. The van der Waals surface area contributed by atoms with E-state index in [1.54, 1.807) is 0 Å². The largest absolute Gasteiger partial charge is 0.489 e. The van der Waals surface area contributed by atoms with Crippen LogP contribution in [0.4, 0.5) is 4.79 Å². The fourth-order valence-electron chi connectivity index (χ4n) is 2.34. The van der Waals surface area contributed by atoms with Crippen LogP contribution in [0.5, 0.6) is 5.75 Å². The lowest BCUT2D eigenvalue weighted by atomic mass is 9.99. The SMILES string of the molecule is NC(=O)OCC(c1ccc(OCc2ccccc2)cc1)c1nn[nH]n1. The van der Waals surface area contributed by atoms with E-state index in [9.17, 15) is 4.79 Å². The van der Waals surface area contributed by atoms with Crippen molar-refractivity contribution in [3.8, 4) is 5.75 Å². The number of carbonyl (C=O) groups excluding carboxylic acids is 1. The van der Waals surface area contributed by atoms with Crippen LogP contribution in [0.2, 0.25) is 0 Å². The maximum Gasteiger partial charge on any atom is 0.404 e. The van der Waals surface area contributed by atoms with Crippen molar-refractivity contribution >= 4 is 6.09 Å². The van der Waals surface area contributed by atoms with Gasteiger partial charge in [0.05, 0.1) is 5.92 Å². The molecule has 0 saturated carbocycles. The number of amides is 1. The summed E-state index contributed by atoms with van der Waals surface area (Å²) in [5, 5.41) is 13.9. The van der Waals surface area contributed by atoms with E-state index in [1.807, 2.05) is 54.6 Å². The average molecular weight is 339 g/mol. The third-order valence-corrected chi connectivity index (χ3v) is 3.60. The average Bonchev–Trinajstić information content (AvgIpc) is 3.16. The molecule has 0 bridgehead atoms. The topological polar surface area (TPSA) is 116 Å². The van der Waals surface area contributed by atoms with Gasteiger partial charge in [-0.25, -0.2) is 4.79 Å². The van der Waals surface area contributed by atoms with Crippen LogP contribution in [0.25, 0.3) is 0 Å². The second kappa shape index (κ2) is 7.91. The summed E-state index contributed by atoms with van der Waals surface area (Å²) in [5.74, 6) is 0.781. The van der Waals surface area contributed by atoms with Crippen molar-refractivity contribution in [3.63, 3.8) is 0 Å². The molecule has 3 N–H and O–H groups in total. The minimum atomic E-state index is -0.851. The molecule has 0 spiro atoms. The molecule has 1 unspecified atom stereocenters. The standard InChI is InChI=1S/C17H17N5O3/c18-17(23)25-11-15(16-19-21-22-20-16)13-6-8-14(9-7-13)24-10-12-4-2-1-3-5-12/h1-9,15H,10-11H2,(H2,18,23)(H,19,20,21,22). The van der Waals surface area contributed by atoms with E-state index in [0.717, 1.165) is 16.9 Å². The Kier molecular flexibility index (Phi) is 5.20. The van der Waals surface area contributed by atoms with Gasteiger partial charge in [0.1, 0.15) is 19.0 Å². The zero-order valence-corrected chi connectivity index (χ0v) is 13.3. The maximum atomic E-state index is 10.9. The molecule has 1 heterocycles. The van der Waals surface area contributed by atoms with Gasteiger partial charge in [-0.05, 0) is 23.3 Å². The molecule has 1 atom stereocenters. The number of rotatable bonds is 7. The lowest BCUT2D eigenvalue weighted by Crippen LogP contribution is -2.19. The molecule has 25 heavy (non-hydrogen) atoms. The van der Waals surface area contributed by atoms with Gasteiger partial charge in [0.25, 0.3) is 0 Å². The summed E-state index contributed by atoms with van der Waals surface area (Å²) in [7, 11) is 0. The Bertz CT molecular complexity index is 791. The van der Waals surface area contributed by atoms with E-state index in [4.69, 9.17) is 15.2 Å². The van der Waals surface area contributed by atoms with Gasteiger partial charge >= 0.3 is 6.09 Å². The highest BCUT2D eigenvalue weighted by Gasteiger charge is 2.20. The Morgan fingerprint density at radius 1 is 1.12 bits per heavy atom. The number of benzene rings is 2. The van der Waals surface area contributed by atoms with Crippen LogP contribution in [-0.2, 0) is 11.3 Å². The van der Waals surface area contributed by atoms with Crippen molar-refractivity contribution in [3.05, 3.63) is 71.5 Å². The molecule has 3 aromatic rings. The number of aromatic amines is 1. The van der Waals surface area contributed by atoms with E-state index in [-0.39, 0.29) is 12.5 Å². The third kappa shape index (κ3) is 4.54. The van der Waals surface area contributed by atoms with Crippen LogP contribution in [-0.4, -0.2) is 33.3 Å².